The van der Waals surface area contributed by atoms with Crippen LogP contribution in [0.4, 0.5) is 0 Å². The first-order valence-corrected chi connectivity index (χ1v) is 6.28. The molecule has 0 aliphatic carbocycles. The van der Waals surface area contributed by atoms with Crippen molar-refractivity contribution < 1.29 is 0 Å². The summed E-state index contributed by atoms with van der Waals surface area (Å²) in [5.41, 5.74) is 1.04. The topological polar surface area (TPSA) is 44.0 Å². The number of hydrogen-bond donors (Lipinski definition) is 2. The van der Waals surface area contributed by atoms with Gasteiger partial charge in [0.1, 0.15) is 0 Å². The van der Waals surface area contributed by atoms with E-state index in [0.29, 0.717) is 11.2 Å². The van der Waals surface area contributed by atoms with E-state index >= 15 is 0 Å². The minimum atomic E-state index is 0.320. The Bertz CT molecular complexity index is 320. The molecule has 1 aromatic heterocycles. The summed E-state index contributed by atoms with van der Waals surface area (Å²) in [6.45, 7) is 3.21. The lowest BCUT2D eigenvalue weighted by Crippen LogP contribution is -2.38. The zero-order valence-electron chi connectivity index (χ0n) is 9.67. The van der Waals surface area contributed by atoms with Gasteiger partial charge in [0.15, 0.2) is 5.15 Å². The smallest absolute Gasteiger partial charge is 0.151 e. The number of likely N-dealkylation sites (N-methyl/N-ethyl adjacent to an activating group) is 1. The second-order valence-electron chi connectivity index (χ2n) is 4.28. The fourth-order valence-corrected chi connectivity index (χ4v) is 2.59. The largest absolute Gasteiger partial charge is 0.346 e. The van der Waals surface area contributed by atoms with Crippen molar-refractivity contribution in [3.63, 3.8) is 0 Å². The molecule has 0 amide bonds. The van der Waals surface area contributed by atoms with Crippen LogP contribution in [0.15, 0.2) is 6.33 Å². The number of nitrogens with zero attached hydrogens (tertiary/aromatic N) is 2. The average molecular weight is 243 g/mol. The van der Waals surface area contributed by atoms with Gasteiger partial charge in [-0.1, -0.05) is 18.0 Å². The minimum absolute atomic E-state index is 0.320. The van der Waals surface area contributed by atoms with Gasteiger partial charge in [-0.25, -0.2) is 4.98 Å². The first-order valence-electron chi connectivity index (χ1n) is 5.90. The lowest BCUT2D eigenvalue weighted by atomic mass is 10.1. The molecule has 5 heteroatoms. The van der Waals surface area contributed by atoms with Crippen molar-refractivity contribution in [2.24, 2.45) is 0 Å². The van der Waals surface area contributed by atoms with Crippen LogP contribution in [-0.4, -0.2) is 41.5 Å². The number of hydrogen-bond acceptors (Lipinski definition) is 3. The van der Waals surface area contributed by atoms with Gasteiger partial charge in [-0.2, -0.15) is 0 Å². The summed E-state index contributed by atoms with van der Waals surface area (Å²) in [6, 6.07) is 0.320. The molecule has 0 saturated carbocycles. The maximum absolute atomic E-state index is 6.09. The van der Waals surface area contributed by atoms with E-state index in [0.717, 1.165) is 25.3 Å². The second-order valence-corrected chi connectivity index (χ2v) is 4.64. The van der Waals surface area contributed by atoms with E-state index in [1.54, 1.807) is 6.33 Å². The van der Waals surface area contributed by atoms with Crippen LogP contribution in [0, 0.1) is 0 Å². The van der Waals surface area contributed by atoms with E-state index in [9.17, 15) is 0 Å². The predicted molar refractivity (Wildman–Crippen MR) is 65.7 cm³/mol. The Labute approximate surface area is 101 Å². The van der Waals surface area contributed by atoms with Crippen molar-refractivity contribution in [3.8, 4) is 0 Å². The zero-order valence-corrected chi connectivity index (χ0v) is 10.4. The summed E-state index contributed by atoms with van der Waals surface area (Å²) in [7, 11) is 1.97. The number of rotatable bonds is 4. The highest BCUT2D eigenvalue weighted by Gasteiger charge is 2.24. The number of aromatic amines is 1. The second kappa shape index (κ2) is 5.66. The Hall–Kier alpha value is -0.580. The number of H-pyrrole nitrogens is 1. The molecule has 0 spiro atoms. The number of likely N-dealkylation sites (tertiary alicyclic amines) is 1. The van der Waals surface area contributed by atoms with Gasteiger partial charge in [0.2, 0.25) is 0 Å². The molecule has 0 bridgehead atoms. The fraction of sp³-hybridized carbons (Fsp3) is 0.727. The van der Waals surface area contributed by atoms with Crippen LogP contribution in [0.1, 0.15) is 31.0 Å². The molecule has 0 radical (unpaired) electrons. The number of piperidine rings is 1. The summed E-state index contributed by atoms with van der Waals surface area (Å²) >= 11 is 6.09. The molecule has 2 N–H and O–H groups in total. The van der Waals surface area contributed by atoms with Gasteiger partial charge in [0.05, 0.1) is 18.1 Å². The third kappa shape index (κ3) is 2.56. The van der Waals surface area contributed by atoms with Gasteiger partial charge in [-0.15, -0.1) is 0 Å². The molecule has 1 unspecified atom stereocenters. The summed E-state index contributed by atoms with van der Waals surface area (Å²) in [4.78, 5) is 9.72. The minimum Gasteiger partial charge on any atom is -0.346 e. The highest BCUT2D eigenvalue weighted by molar-refractivity contribution is 6.30. The van der Waals surface area contributed by atoms with Gasteiger partial charge >= 0.3 is 0 Å². The molecule has 16 heavy (non-hydrogen) atoms. The average Bonchev–Trinajstić information content (AvgIpc) is 2.73. The molecule has 1 aliphatic heterocycles. The van der Waals surface area contributed by atoms with Crippen molar-refractivity contribution >= 4 is 11.6 Å². The molecule has 1 fully saturated rings. The van der Waals surface area contributed by atoms with Crippen LogP contribution < -0.4 is 5.32 Å². The Morgan fingerprint density at radius 2 is 2.25 bits per heavy atom. The van der Waals surface area contributed by atoms with Crippen LogP contribution in [0.2, 0.25) is 5.15 Å². The van der Waals surface area contributed by atoms with Gasteiger partial charge in [-0.05, 0) is 33.0 Å². The fourth-order valence-electron chi connectivity index (χ4n) is 2.36. The molecule has 1 atom stereocenters. The first-order chi connectivity index (χ1) is 7.83. The van der Waals surface area contributed by atoms with Crippen molar-refractivity contribution in [1.82, 2.24) is 20.2 Å². The van der Waals surface area contributed by atoms with E-state index in [2.05, 4.69) is 20.2 Å². The van der Waals surface area contributed by atoms with Gasteiger partial charge in [-0.3, -0.25) is 4.90 Å². The molecular weight excluding hydrogens is 224 g/mol. The third-order valence-electron chi connectivity index (χ3n) is 3.18. The van der Waals surface area contributed by atoms with Crippen LogP contribution in [0.5, 0.6) is 0 Å². The Morgan fingerprint density at radius 1 is 1.50 bits per heavy atom. The molecule has 1 aliphatic rings. The molecule has 2 rings (SSSR count). The summed E-state index contributed by atoms with van der Waals surface area (Å²) < 4.78 is 0. The van der Waals surface area contributed by atoms with Crippen molar-refractivity contribution in [1.29, 1.82) is 0 Å². The number of nitrogens with one attached hydrogen (secondary N) is 2. The molecule has 1 saturated heterocycles. The highest BCUT2D eigenvalue weighted by atomic mass is 35.5. The SMILES string of the molecule is CNCC(c1[nH]cnc1Cl)N1CCCCC1. The number of imidazole rings is 1. The van der Waals surface area contributed by atoms with E-state index in [4.69, 9.17) is 11.6 Å². The molecule has 4 nitrogen and oxygen atoms in total. The van der Waals surface area contributed by atoms with E-state index < -0.39 is 0 Å². The molecule has 0 aromatic carbocycles. The summed E-state index contributed by atoms with van der Waals surface area (Å²) in [5, 5.41) is 3.84. The lowest BCUT2D eigenvalue weighted by molar-refractivity contribution is 0.159. The van der Waals surface area contributed by atoms with Crippen LogP contribution in [0.25, 0.3) is 0 Å². The zero-order chi connectivity index (χ0) is 11.4. The van der Waals surface area contributed by atoms with E-state index in [1.165, 1.54) is 19.3 Å². The molecule has 90 valence electrons. The maximum atomic E-state index is 6.09. The molecule has 1 aromatic rings. The highest BCUT2D eigenvalue weighted by Crippen LogP contribution is 2.26. The van der Waals surface area contributed by atoms with E-state index in [1.807, 2.05) is 7.05 Å². The Balaban J connectivity index is 2.12. The van der Waals surface area contributed by atoms with Crippen LogP contribution in [-0.2, 0) is 0 Å². The van der Waals surface area contributed by atoms with Crippen LogP contribution >= 0.6 is 11.6 Å². The quantitative estimate of drug-likeness (QED) is 0.847. The number of halogens is 1. The van der Waals surface area contributed by atoms with Crippen LogP contribution in [0.3, 0.4) is 0 Å². The monoisotopic (exact) mass is 242 g/mol. The normalized spacial score (nSPS) is 19.9. The van der Waals surface area contributed by atoms with E-state index in [-0.39, 0.29) is 0 Å². The van der Waals surface area contributed by atoms with Gasteiger partial charge in [0.25, 0.3) is 0 Å². The Kier molecular flexibility index (Phi) is 4.21. The maximum Gasteiger partial charge on any atom is 0.151 e. The predicted octanol–water partition coefficient (Wildman–Crippen LogP) is 1.81. The van der Waals surface area contributed by atoms with Gasteiger partial charge in [0, 0.05) is 6.54 Å². The van der Waals surface area contributed by atoms with Crippen molar-refractivity contribution in [2.75, 3.05) is 26.7 Å². The molecular formula is C11H19ClN4. The number of aromatic nitrogens is 2. The third-order valence-corrected chi connectivity index (χ3v) is 3.48. The summed E-state index contributed by atoms with van der Waals surface area (Å²) in [5.74, 6) is 0. The first kappa shape index (κ1) is 11.9. The molecule has 2 heterocycles. The Morgan fingerprint density at radius 3 is 2.81 bits per heavy atom. The van der Waals surface area contributed by atoms with Crippen molar-refractivity contribution in [3.05, 3.63) is 17.2 Å². The lowest BCUT2D eigenvalue weighted by Gasteiger charge is -2.34. The standard InChI is InChI=1S/C11H19ClN4/c1-13-7-9(10-11(12)15-8-14-10)16-5-3-2-4-6-16/h8-9,13H,2-7H2,1H3,(H,14,15). The van der Waals surface area contributed by atoms with Crippen molar-refractivity contribution in [2.45, 2.75) is 25.3 Å². The summed E-state index contributed by atoms with van der Waals surface area (Å²) in [6.07, 6.45) is 5.59. The van der Waals surface area contributed by atoms with Gasteiger partial charge < -0.3 is 10.3 Å².